The normalized spacial score (nSPS) is 30.0. The lowest BCUT2D eigenvalue weighted by molar-refractivity contribution is -0.133. The number of ether oxygens (including phenoxy) is 2. The molecule has 0 radical (unpaired) electrons. The van der Waals surface area contributed by atoms with Gasteiger partial charge in [0.15, 0.2) is 11.5 Å². The van der Waals surface area contributed by atoms with E-state index < -0.39 is 12.7 Å². The van der Waals surface area contributed by atoms with E-state index in [0.717, 1.165) is 0 Å². The van der Waals surface area contributed by atoms with Crippen molar-refractivity contribution >= 4 is 5.91 Å². The standard InChI is InChI=1S/C17H23NO5/c1-22-14-4-2-3-5-15(14)23-16-7-12-9-18(17(21)10-19)8-11(12)6-13(16)20/h2-5,11-13,16,19-20H,6-10H2,1H3/t11-,12+,13+,16+/m0/s1. The molecule has 1 saturated heterocycles. The fourth-order valence-corrected chi connectivity index (χ4v) is 3.70. The minimum Gasteiger partial charge on any atom is -0.493 e. The molecule has 126 valence electrons. The van der Waals surface area contributed by atoms with Crippen LogP contribution >= 0.6 is 0 Å². The third-order valence-electron chi connectivity index (χ3n) is 4.92. The van der Waals surface area contributed by atoms with Gasteiger partial charge in [0.1, 0.15) is 12.7 Å². The van der Waals surface area contributed by atoms with Crippen molar-refractivity contribution in [3.8, 4) is 11.5 Å². The lowest BCUT2D eigenvalue weighted by atomic mass is 9.78. The summed E-state index contributed by atoms with van der Waals surface area (Å²) in [6.45, 7) is 0.786. The molecule has 1 heterocycles. The largest absolute Gasteiger partial charge is 0.493 e. The summed E-state index contributed by atoms with van der Waals surface area (Å²) in [5, 5.41) is 19.4. The SMILES string of the molecule is COc1ccccc1O[C@@H]1C[C@@H]2CN(C(=O)CO)C[C@@H]2C[C@H]1O. The van der Waals surface area contributed by atoms with E-state index in [2.05, 4.69) is 0 Å². The van der Waals surface area contributed by atoms with E-state index in [1.54, 1.807) is 12.0 Å². The molecule has 0 unspecified atom stereocenters. The summed E-state index contributed by atoms with van der Waals surface area (Å²) in [5.41, 5.74) is 0. The highest BCUT2D eigenvalue weighted by Crippen LogP contribution is 2.39. The smallest absolute Gasteiger partial charge is 0.248 e. The van der Waals surface area contributed by atoms with Gasteiger partial charge < -0.3 is 24.6 Å². The quantitative estimate of drug-likeness (QED) is 0.852. The summed E-state index contributed by atoms with van der Waals surface area (Å²) in [7, 11) is 1.59. The van der Waals surface area contributed by atoms with Crippen molar-refractivity contribution < 1.29 is 24.5 Å². The van der Waals surface area contributed by atoms with Gasteiger partial charge in [0.05, 0.1) is 13.2 Å². The van der Waals surface area contributed by atoms with Crippen LogP contribution in [0.15, 0.2) is 24.3 Å². The van der Waals surface area contributed by atoms with Crippen molar-refractivity contribution in [1.29, 1.82) is 0 Å². The number of fused-ring (bicyclic) bond motifs is 1. The lowest BCUT2D eigenvalue weighted by Crippen LogP contribution is -2.42. The highest BCUT2D eigenvalue weighted by Gasteiger charge is 2.43. The Morgan fingerprint density at radius 3 is 2.52 bits per heavy atom. The highest BCUT2D eigenvalue weighted by atomic mass is 16.5. The van der Waals surface area contributed by atoms with Crippen LogP contribution in [0.4, 0.5) is 0 Å². The maximum Gasteiger partial charge on any atom is 0.248 e. The number of aliphatic hydroxyl groups excluding tert-OH is 2. The number of rotatable bonds is 4. The number of amides is 1. The number of carbonyl (C=O) groups excluding carboxylic acids is 1. The molecule has 1 aromatic carbocycles. The second-order valence-electron chi connectivity index (χ2n) is 6.32. The van der Waals surface area contributed by atoms with Crippen LogP contribution in [0.5, 0.6) is 11.5 Å². The monoisotopic (exact) mass is 321 g/mol. The van der Waals surface area contributed by atoms with Gasteiger partial charge in [0, 0.05) is 13.1 Å². The van der Waals surface area contributed by atoms with E-state index in [0.29, 0.717) is 43.3 Å². The van der Waals surface area contributed by atoms with Gasteiger partial charge >= 0.3 is 0 Å². The minimum absolute atomic E-state index is 0.240. The van der Waals surface area contributed by atoms with E-state index >= 15 is 0 Å². The Labute approximate surface area is 135 Å². The van der Waals surface area contributed by atoms with Crippen LogP contribution in [0.1, 0.15) is 12.8 Å². The summed E-state index contributed by atoms with van der Waals surface area (Å²) >= 11 is 0. The number of para-hydroxylation sites is 2. The first-order chi connectivity index (χ1) is 11.1. The van der Waals surface area contributed by atoms with Gasteiger partial charge in [-0.15, -0.1) is 0 Å². The molecule has 6 nitrogen and oxygen atoms in total. The summed E-state index contributed by atoms with van der Waals surface area (Å²) in [5.74, 6) is 1.60. The summed E-state index contributed by atoms with van der Waals surface area (Å²) in [6.07, 6.45) is 0.431. The molecule has 2 N–H and O–H groups in total. The molecule has 1 amide bonds. The molecule has 2 aliphatic rings. The number of likely N-dealkylation sites (tertiary alicyclic amines) is 1. The van der Waals surface area contributed by atoms with E-state index in [1.807, 2.05) is 24.3 Å². The van der Waals surface area contributed by atoms with Gasteiger partial charge in [0.2, 0.25) is 5.91 Å². The molecule has 1 saturated carbocycles. The molecule has 23 heavy (non-hydrogen) atoms. The molecular weight excluding hydrogens is 298 g/mol. The molecule has 1 aliphatic carbocycles. The summed E-state index contributed by atoms with van der Waals surface area (Å²) in [6, 6.07) is 7.39. The Kier molecular flexibility index (Phi) is 4.73. The second-order valence-corrected chi connectivity index (χ2v) is 6.32. The molecule has 0 spiro atoms. The molecule has 1 aliphatic heterocycles. The average molecular weight is 321 g/mol. The summed E-state index contributed by atoms with van der Waals surface area (Å²) < 4.78 is 11.3. The van der Waals surface area contributed by atoms with Gasteiger partial charge in [-0.25, -0.2) is 0 Å². The molecule has 2 fully saturated rings. The number of hydrogen-bond donors (Lipinski definition) is 2. The van der Waals surface area contributed by atoms with Crippen molar-refractivity contribution in [3.05, 3.63) is 24.3 Å². The predicted octanol–water partition coefficient (Wildman–Crippen LogP) is 0.664. The second kappa shape index (κ2) is 6.76. The van der Waals surface area contributed by atoms with Crippen LogP contribution in [-0.4, -0.2) is 60.0 Å². The molecule has 3 rings (SSSR count). The van der Waals surface area contributed by atoms with Crippen molar-refractivity contribution in [2.45, 2.75) is 25.0 Å². The van der Waals surface area contributed by atoms with Crippen LogP contribution in [0.3, 0.4) is 0 Å². The molecule has 6 heteroatoms. The number of benzene rings is 1. The number of carbonyl (C=O) groups is 1. The van der Waals surface area contributed by atoms with Crippen LogP contribution in [0.25, 0.3) is 0 Å². The summed E-state index contributed by atoms with van der Waals surface area (Å²) in [4.78, 5) is 13.3. The third-order valence-corrected chi connectivity index (χ3v) is 4.92. The van der Waals surface area contributed by atoms with Gasteiger partial charge in [-0.2, -0.15) is 0 Å². The predicted molar refractivity (Wildman–Crippen MR) is 83.3 cm³/mol. The number of hydrogen-bond acceptors (Lipinski definition) is 5. The topological polar surface area (TPSA) is 79.2 Å². The maximum atomic E-state index is 11.7. The zero-order valence-electron chi connectivity index (χ0n) is 13.2. The lowest BCUT2D eigenvalue weighted by Gasteiger charge is -2.35. The first-order valence-electron chi connectivity index (χ1n) is 7.98. The van der Waals surface area contributed by atoms with Gasteiger partial charge in [0.25, 0.3) is 0 Å². The minimum atomic E-state index is -0.564. The zero-order chi connectivity index (χ0) is 16.4. The zero-order valence-corrected chi connectivity index (χ0v) is 13.2. The molecule has 0 bridgehead atoms. The van der Waals surface area contributed by atoms with Crippen molar-refractivity contribution in [1.82, 2.24) is 4.90 Å². The van der Waals surface area contributed by atoms with E-state index in [-0.39, 0.29) is 17.9 Å². The third kappa shape index (κ3) is 3.28. The van der Waals surface area contributed by atoms with Gasteiger partial charge in [-0.3, -0.25) is 4.79 Å². The Hall–Kier alpha value is -1.79. The fourth-order valence-electron chi connectivity index (χ4n) is 3.70. The Bertz CT molecular complexity index is 564. The molecule has 4 atom stereocenters. The molecule has 1 aromatic rings. The number of aliphatic hydroxyl groups is 2. The Balaban J connectivity index is 1.68. The van der Waals surface area contributed by atoms with Gasteiger partial charge in [-0.1, -0.05) is 12.1 Å². The van der Waals surface area contributed by atoms with E-state index in [4.69, 9.17) is 14.6 Å². The number of methoxy groups -OCH3 is 1. The van der Waals surface area contributed by atoms with Crippen LogP contribution in [0.2, 0.25) is 0 Å². The van der Waals surface area contributed by atoms with Crippen molar-refractivity contribution in [2.75, 3.05) is 26.8 Å². The maximum absolute atomic E-state index is 11.7. The van der Waals surface area contributed by atoms with E-state index in [9.17, 15) is 9.90 Å². The Morgan fingerprint density at radius 2 is 1.87 bits per heavy atom. The number of nitrogens with zero attached hydrogens (tertiary/aromatic N) is 1. The average Bonchev–Trinajstić information content (AvgIpc) is 2.97. The first-order valence-corrected chi connectivity index (χ1v) is 7.98. The first kappa shape index (κ1) is 16.1. The fraction of sp³-hybridized carbons (Fsp3) is 0.588. The van der Waals surface area contributed by atoms with Crippen molar-refractivity contribution in [2.24, 2.45) is 11.8 Å². The van der Waals surface area contributed by atoms with Crippen LogP contribution in [-0.2, 0) is 4.79 Å². The van der Waals surface area contributed by atoms with Crippen LogP contribution in [0, 0.1) is 11.8 Å². The van der Waals surface area contributed by atoms with Crippen molar-refractivity contribution in [3.63, 3.8) is 0 Å². The van der Waals surface area contributed by atoms with Gasteiger partial charge in [-0.05, 0) is 36.8 Å². The molecular formula is C17H23NO5. The van der Waals surface area contributed by atoms with E-state index in [1.165, 1.54) is 0 Å². The molecule has 0 aromatic heterocycles. The van der Waals surface area contributed by atoms with Crippen LogP contribution < -0.4 is 9.47 Å². The highest BCUT2D eigenvalue weighted by molar-refractivity contribution is 5.77. The Morgan fingerprint density at radius 1 is 1.22 bits per heavy atom.